The van der Waals surface area contributed by atoms with Crippen LogP contribution in [0.4, 0.5) is 11.5 Å². The van der Waals surface area contributed by atoms with Gasteiger partial charge >= 0.3 is 0 Å². The van der Waals surface area contributed by atoms with Crippen LogP contribution >= 0.6 is 0 Å². The Kier molecular flexibility index (Phi) is 4.03. The highest BCUT2D eigenvalue weighted by atomic mass is 16.6. The van der Waals surface area contributed by atoms with Crippen LogP contribution < -0.4 is 5.32 Å². The van der Waals surface area contributed by atoms with Gasteiger partial charge in [-0.15, -0.1) is 0 Å². The van der Waals surface area contributed by atoms with Crippen LogP contribution in [0.3, 0.4) is 0 Å². The molecular weight excluding hydrogens is 330 g/mol. The minimum Gasteiger partial charge on any atom is -0.361 e. The van der Waals surface area contributed by atoms with E-state index < -0.39 is 4.92 Å². The zero-order chi connectivity index (χ0) is 17.9. The number of nitro benzene ring substituents is 1. The Morgan fingerprint density at radius 3 is 2.62 bits per heavy atom. The van der Waals surface area contributed by atoms with Crippen molar-refractivity contribution in [1.82, 2.24) is 15.0 Å². The first-order chi connectivity index (χ1) is 12.7. The quantitative estimate of drug-likeness (QED) is 0.420. The minimum absolute atomic E-state index is 0.0634. The van der Waals surface area contributed by atoms with Gasteiger partial charge in [0.25, 0.3) is 5.69 Å². The zero-order valence-corrected chi connectivity index (χ0v) is 13.7. The van der Waals surface area contributed by atoms with Crippen molar-refractivity contribution in [3.05, 3.63) is 94.6 Å². The number of para-hydroxylation sites is 1. The lowest BCUT2D eigenvalue weighted by molar-refractivity contribution is -0.384. The number of anilines is 1. The SMILES string of the molecule is O=[N+]([O-])c1ccc(C(Nc2ccncn2)c2c[nH]c3ccccc23)cc1. The van der Waals surface area contributed by atoms with E-state index in [2.05, 4.69) is 20.3 Å². The summed E-state index contributed by atoms with van der Waals surface area (Å²) in [6.07, 6.45) is 5.09. The van der Waals surface area contributed by atoms with E-state index in [1.807, 2.05) is 30.5 Å². The third kappa shape index (κ3) is 2.98. The summed E-state index contributed by atoms with van der Waals surface area (Å²) in [6, 6.07) is 16.1. The Balaban J connectivity index is 1.80. The predicted octanol–water partition coefficient (Wildman–Crippen LogP) is 4.07. The molecule has 0 aliphatic heterocycles. The van der Waals surface area contributed by atoms with Crippen molar-refractivity contribution < 1.29 is 4.92 Å². The molecule has 0 spiro atoms. The summed E-state index contributed by atoms with van der Waals surface area (Å²) in [5, 5.41) is 15.4. The highest BCUT2D eigenvalue weighted by molar-refractivity contribution is 5.84. The van der Waals surface area contributed by atoms with Crippen LogP contribution in [0.1, 0.15) is 17.2 Å². The van der Waals surface area contributed by atoms with Gasteiger partial charge in [0, 0.05) is 41.0 Å². The molecular formula is C19H15N5O2. The van der Waals surface area contributed by atoms with Gasteiger partial charge in [-0.05, 0) is 29.8 Å². The summed E-state index contributed by atoms with van der Waals surface area (Å²) in [5.74, 6) is 0.675. The Hall–Kier alpha value is -3.74. The fourth-order valence-electron chi connectivity index (χ4n) is 2.99. The maximum absolute atomic E-state index is 10.9. The zero-order valence-electron chi connectivity index (χ0n) is 13.7. The van der Waals surface area contributed by atoms with Gasteiger partial charge in [-0.3, -0.25) is 10.1 Å². The Morgan fingerprint density at radius 2 is 1.88 bits per heavy atom. The normalized spacial score (nSPS) is 12.0. The molecule has 2 aromatic heterocycles. The standard InChI is InChI=1S/C19H15N5O2/c25-24(26)14-7-5-13(6-8-14)19(23-18-9-10-20-12-22-18)16-11-21-17-4-2-1-3-15(16)17/h1-12,19,21H,(H,20,22,23). The number of aromatic amines is 1. The van der Waals surface area contributed by atoms with Crippen molar-refractivity contribution in [3.63, 3.8) is 0 Å². The van der Waals surface area contributed by atoms with Crippen molar-refractivity contribution in [2.75, 3.05) is 5.32 Å². The van der Waals surface area contributed by atoms with Gasteiger partial charge in [0.05, 0.1) is 11.0 Å². The van der Waals surface area contributed by atoms with Crippen LogP contribution in [-0.2, 0) is 0 Å². The van der Waals surface area contributed by atoms with Gasteiger partial charge in [-0.2, -0.15) is 0 Å². The Morgan fingerprint density at radius 1 is 1.08 bits per heavy atom. The van der Waals surface area contributed by atoms with E-state index in [1.165, 1.54) is 18.5 Å². The number of nitro groups is 1. The van der Waals surface area contributed by atoms with E-state index >= 15 is 0 Å². The molecule has 128 valence electrons. The highest BCUT2D eigenvalue weighted by Crippen LogP contribution is 2.32. The molecule has 1 atom stereocenters. The fourth-order valence-corrected chi connectivity index (χ4v) is 2.99. The molecule has 0 fully saturated rings. The number of hydrogen-bond donors (Lipinski definition) is 2. The van der Waals surface area contributed by atoms with E-state index in [-0.39, 0.29) is 11.7 Å². The molecule has 2 heterocycles. The molecule has 7 heteroatoms. The Bertz CT molecular complexity index is 1040. The maximum atomic E-state index is 10.9. The van der Waals surface area contributed by atoms with Gasteiger partial charge in [0.2, 0.25) is 0 Å². The van der Waals surface area contributed by atoms with Gasteiger partial charge in [-0.25, -0.2) is 9.97 Å². The third-order valence-electron chi connectivity index (χ3n) is 4.24. The molecule has 26 heavy (non-hydrogen) atoms. The van der Waals surface area contributed by atoms with Gasteiger partial charge < -0.3 is 10.3 Å². The lowest BCUT2D eigenvalue weighted by Gasteiger charge is -2.19. The van der Waals surface area contributed by atoms with E-state index in [4.69, 9.17) is 0 Å². The average Bonchev–Trinajstić information content (AvgIpc) is 3.11. The van der Waals surface area contributed by atoms with Crippen LogP contribution in [0.2, 0.25) is 0 Å². The molecule has 4 rings (SSSR count). The molecule has 7 nitrogen and oxygen atoms in total. The number of rotatable bonds is 5. The second-order valence-corrected chi connectivity index (χ2v) is 5.81. The average molecular weight is 345 g/mol. The van der Waals surface area contributed by atoms with Crippen LogP contribution in [0.15, 0.2) is 73.3 Å². The number of nitrogens with zero attached hydrogens (tertiary/aromatic N) is 3. The Labute approximate surface area is 148 Å². The fraction of sp³-hybridized carbons (Fsp3) is 0.0526. The van der Waals surface area contributed by atoms with Crippen LogP contribution in [0.5, 0.6) is 0 Å². The number of H-pyrrole nitrogens is 1. The molecule has 4 aromatic rings. The topological polar surface area (TPSA) is 96.7 Å². The van der Waals surface area contributed by atoms with Crippen molar-refractivity contribution in [2.24, 2.45) is 0 Å². The second kappa shape index (κ2) is 6.64. The first kappa shape index (κ1) is 15.8. The van der Waals surface area contributed by atoms with E-state index in [0.717, 1.165) is 22.0 Å². The van der Waals surface area contributed by atoms with Gasteiger partial charge in [0.1, 0.15) is 12.1 Å². The predicted molar refractivity (Wildman–Crippen MR) is 98.9 cm³/mol. The number of nitrogens with one attached hydrogen (secondary N) is 2. The maximum Gasteiger partial charge on any atom is 0.269 e. The highest BCUT2D eigenvalue weighted by Gasteiger charge is 2.19. The van der Waals surface area contributed by atoms with E-state index in [1.54, 1.807) is 24.4 Å². The number of benzene rings is 2. The summed E-state index contributed by atoms with van der Waals surface area (Å²) in [5.41, 5.74) is 3.03. The lowest BCUT2D eigenvalue weighted by atomic mass is 9.98. The summed E-state index contributed by atoms with van der Waals surface area (Å²) < 4.78 is 0. The molecule has 2 N–H and O–H groups in total. The molecule has 1 unspecified atom stereocenters. The van der Waals surface area contributed by atoms with Crippen molar-refractivity contribution in [3.8, 4) is 0 Å². The summed E-state index contributed by atoms with van der Waals surface area (Å²) in [7, 11) is 0. The van der Waals surface area contributed by atoms with E-state index in [0.29, 0.717) is 5.82 Å². The first-order valence-electron chi connectivity index (χ1n) is 8.05. The largest absolute Gasteiger partial charge is 0.361 e. The smallest absolute Gasteiger partial charge is 0.269 e. The minimum atomic E-state index is -0.400. The van der Waals surface area contributed by atoms with Crippen molar-refractivity contribution in [1.29, 1.82) is 0 Å². The second-order valence-electron chi connectivity index (χ2n) is 5.81. The number of aromatic nitrogens is 3. The van der Waals surface area contributed by atoms with Gasteiger partial charge in [-0.1, -0.05) is 18.2 Å². The van der Waals surface area contributed by atoms with E-state index in [9.17, 15) is 10.1 Å². The van der Waals surface area contributed by atoms with Crippen LogP contribution in [-0.4, -0.2) is 19.9 Å². The number of non-ortho nitro benzene ring substituents is 1. The van der Waals surface area contributed by atoms with Crippen molar-refractivity contribution >= 4 is 22.4 Å². The molecule has 0 radical (unpaired) electrons. The molecule has 0 saturated heterocycles. The summed E-state index contributed by atoms with van der Waals surface area (Å²) in [4.78, 5) is 22.0. The van der Waals surface area contributed by atoms with Crippen molar-refractivity contribution in [2.45, 2.75) is 6.04 Å². The summed E-state index contributed by atoms with van der Waals surface area (Å²) >= 11 is 0. The summed E-state index contributed by atoms with van der Waals surface area (Å²) in [6.45, 7) is 0. The van der Waals surface area contributed by atoms with Crippen LogP contribution in [0, 0.1) is 10.1 Å². The molecule has 0 aliphatic rings. The molecule has 0 aliphatic carbocycles. The third-order valence-corrected chi connectivity index (χ3v) is 4.24. The molecule has 0 bridgehead atoms. The van der Waals surface area contributed by atoms with Crippen LogP contribution in [0.25, 0.3) is 10.9 Å². The van der Waals surface area contributed by atoms with Gasteiger partial charge in [0.15, 0.2) is 0 Å². The number of hydrogen-bond acceptors (Lipinski definition) is 5. The monoisotopic (exact) mass is 345 g/mol. The molecule has 0 amide bonds. The molecule has 0 saturated carbocycles. The first-order valence-corrected chi connectivity index (χ1v) is 8.05. The lowest BCUT2D eigenvalue weighted by Crippen LogP contribution is -2.13. The number of fused-ring (bicyclic) bond motifs is 1. The molecule has 2 aromatic carbocycles.